The Hall–Kier alpha value is -3.32. The van der Waals surface area contributed by atoms with Crippen LogP contribution in [-0.2, 0) is 14.4 Å². The third-order valence-electron chi connectivity index (χ3n) is 7.45. The number of hydrogen-bond acceptors (Lipinski definition) is 9. The van der Waals surface area contributed by atoms with Crippen LogP contribution in [0.4, 0.5) is 0 Å². The number of carboxylic acid groups (broad SMARTS) is 1. The lowest BCUT2D eigenvalue weighted by atomic mass is 9.78. The minimum atomic E-state index is -1.63. The van der Waals surface area contributed by atoms with Gasteiger partial charge < -0.3 is 9.84 Å². The van der Waals surface area contributed by atoms with Gasteiger partial charge >= 0.3 is 12.1 Å². The van der Waals surface area contributed by atoms with Crippen molar-refractivity contribution >= 4 is 41.6 Å². The maximum Gasteiger partial charge on any atom is 0.405 e. The number of amidine groups is 1. The van der Waals surface area contributed by atoms with Crippen LogP contribution in [0.1, 0.15) is 38.3 Å². The first-order valence-corrected chi connectivity index (χ1v) is 13.9. The summed E-state index contributed by atoms with van der Waals surface area (Å²) in [7, 11) is 0. The molecule has 3 aliphatic rings. The molecule has 0 spiro atoms. The van der Waals surface area contributed by atoms with E-state index in [9.17, 15) is 29.6 Å². The van der Waals surface area contributed by atoms with Gasteiger partial charge in [-0.25, -0.2) is 0 Å². The first-order chi connectivity index (χ1) is 18.2. The van der Waals surface area contributed by atoms with Crippen molar-refractivity contribution < 1.29 is 33.7 Å². The van der Waals surface area contributed by atoms with Crippen LogP contribution in [0.25, 0.3) is 0 Å². The number of fused-ring (bicyclic) bond motifs is 1. The van der Waals surface area contributed by atoms with Crippen LogP contribution < -0.4 is 10.1 Å². The number of carboxylic acids is 1. The fraction of sp³-hybridized carbons (Fsp3) is 0.560. The molecule has 0 aromatic heterocycles. The maximum atomic E-state index is 13.7. The summed E-state index contributed by atoms with van der Waals surface area (Å²) in [5.41, 5.74) is -0.941. The number of aliphatic imine (C=N–C) groups is 1. The Morgan fingerprint density at radius 3 is 2.63 bits per heavy atom. The van der Waals surface area contributed by atoms with Crippen LogP contribution in [-0.4, -0.2) is 92.7 Å². The van der Waals surface area contributed by atoms with Gasteiger partial charge in [-0.05, 0) is 47.5 Å². The van der Waals surface area contributed by atoms with E-state index in [0.717, 1.165) is 11.3 Å². The Bertz CT molecular complexity index is 1190. The van der Waals surface area contributed by atoms with Crippen LogP contribution in [0, 0.1) is 22.0 Å². The van der Waals surface area contributed by atoms with Gasteiger partial charge in [-0.1, -0.05) is 19.1 Å². The van der Waals surface area contributed by atoms with Gasteiger partial charge in [0.15, 0.2) is 0 Å². The van der Waals surface area contributed by atoms with Crippen LogP contribution in [0.3, 0.4) is 0 Å². The number of ether oxygens (including phenoxy) is 1. The minimum absolute atomic E-state index is 0.0147. The number of nitrogens with one attached hydrogen (secondary N) is 1. The van der Waals surface area contributed by atoms with Crippen molar-refractivity contribution in [3.05, 3.63) is 39.9 Å². The summed E-state index contributed by atoms with van der Waals surface area (Å²) < 4.78 is 7.06. The number of nitro groups is 1. The molecule has 2 N–H and O–H groups in total. The number of nitrogens with zero attached hydrogens (tertiary/aromatic N) is 4. The predicted molar refractivity (Wildman–Crippen MR) is 140 cm³/mol. The average molecular weight is 547 g/mol. The summed E-state index contributed by atoms with van der Waals surface area (Å²) in [6.07, 6.45) is 2.89. The SMILES string of the molecule is CCCOc1ccc(C2NC(CCSC)(C(=O)O)C3C(=O)N(CC[N+]4=C(C)N=CC4[N+](=O)[O-])C(=O)C23)cc1. The molecule has 2 amide bonds. The van der Waals surface area contributed by atoms with Gasteiger partial charge in [-0.2, -0.15) is 16.3 Å². The summed E-state index contributed by atoms with van der Waals surface area (Å²) in [6, 6.07) is 6.41. The second-order valence-corrected chi connectivity index (χ2v) is 10.6. The zero-order valence-corrected chi connectivity index (χ0v) is 22.3. The van der Waals surface area contributed by atoms with Crippen LogP contribution in [0.5, 0.6) is 5.75 Å². The second kappa shape index (κ2) is 11.2. The first-order valence-electron chi connectivity index (χ1n) is 12.5. The number of carbonyl (C=O) groups excluding carboxylic acids is 2. The van der Waals surface area contributed by atoms with Gasteiger partial charge in [-0.15, -0.1) is 0 Å². The molecule has 2 saturated heterocycles. The van der Waals surface area contributed by atoms with E-state index in [1.807, 2.05) is 13.2 Å². The molecule has 38 heavy (non-hydrogen) atoms. The molecular formula is C25H32N5O7S+. The molecule has 1 aromatic carbocycles. The summed E-state index contributed by atoms with van der Waals surface area (Å²) in [6.45, 7) is 4.08. The molecule has 1 aromatic rings. The number of benzene rings is 1. The van der Waals surface area contributed by atoms with E-state index in [1.54, 1.807) is 31.2 Å². The van der Waals surface area contributed by atoms with E-state index in [2.05, 4.69) is 10.3 Å². The highest BCUT2D eigenvalue weighted by Gasteiger charge is 2.68. The van der Waals surface area contributed by atoms with Crippen LogP contribution in [0.15, 0.2) is 29.3 Å². The number of carbonyl (C=O) groups is 3. The first kappa shape index (κ1) is 27.7. The Morgan fingerprint density at radius 2 is 2.03 bits per heavy atom. The standard InChI is InChI=1S/C25H31N5O7S/c1-4-12-37-17-7-5-16(6-8-17)21-19-20(25(27-21,24(33)34)9-13-38-3)23(32)29(22(19)31)11-10-28-15(2)26-14-18(28)30(35)36/h5-8,14,18-21,27H,4,9-13H2,1-3H3/p+1. The third-order valence-corrected chi connectivity index (χ3v) is 8.06. The van der Waals surface area contributed by atoms with Crippen molar-refractivity contribution in [3.63, 3.8) is 0 Å². The Balaban J connectivity index is 1.65. The van der Waals surface area contributed by atoms with Crippen molar-refractivity contribution in [3.8, 4) is 5.75 Å². The molecular weight excluding hydrogens is 514 g/mol. The quantitative estimate of drug-likeness (QED) is 0.171. The molecule has 5 atom stereocenters. The molecule has 12 nitrogen and oxygen atoms in total. The monoisotopic (exact) mass is 546 g/mol. The number of thioether (sulfide) groups is 1. The molecule has 2 fully saturated rings. The summed E-state index contributed by atoms with van der Waals surface area (Å²) in [4.78, 5) is 56.2. The zero-order chi connectivity index (χ0) is 27.6. The van der Waals surface area contributed by atoms with E-state index in [4.69, 9.17) is 4.74 Å². The number of likely N-dealkylation sites (tertiary alicyclic amines) is 1. The number of aliphatic carboxylic acids is 1. The number of amides is 2. The Kier molecular flexibility index (Phi) is 8.16. The normalized spacial score (nSPS) is 28.3. The van der Waals surface area contributed by atoms with Crippen molar-refractivity contribution in [2.24, 2.45) is 16.8 Å². The zero-order valence-electron chi connectivity index (χ0n) is 21.5. The maximum absolute atomic E-state index is 13.7. The minimum Gasteiger partial charge on any atom is -0.494 e. The molecule has 0 aliphatic carbocycles. The molecule has 0 radical (unpaired) electrons. The summed E-state index contributed by atoms with van der Waals surface area (Å²) >= 11 is 1.46. The molecule has 13 heteroatoms. The Labute approximate surface area is 224 Å². The van der Waals surface area contributed by atoms with Gasteiger partial charge in [-0.3, -0.25) is 34.7 Å². The van der Waals surface area contributed by atoms with E-state index in [-0.39, 0.29) is 19.5 Å². The number of rotatable bonds is 12. The topological polar surface area (TPSA) is 154 Å². The van der Waals surface area contributed by atoms with E-state index < -0.39 is 52.3 Å². The van der Waals surface area contributed by atoms with Gasteiger partial charge in [0.2, 0.25) is 18.0 Å². The average Bonchev–Trinajstić information content (AvgIpc) is 3.52. The van der Waals surface area contributed by atoms with E-state index in [1.165, 1.54) is 22.6 Å². The van der Waals surface area contributed by atoms with Crippen LogP contribution >= 0.6 is 11.8 Å². The molecule has 3 heterocycles. The highest BCUT2D eigenvalue weighted by Crippen LogP contribution is 2.50. The van der Waals surface area contributed by atoms with Crippen molar-refractivity contribution in [2.75, 3.05) is 31.7 Å². The lowest BCUT2D eigenvalue weighted by molar-refractivity contribution is -0.735. The largest absolute Gasteiger partial charge is 0.494 e. The van der Waals surface area contributed by atoms with Gasteiger partial charge in [0.25, 0.3) is 5.84 Å². The third kappa shape index (κ3) is 4.80. The molecule has 0 saturated carbocycles. The number of imide groups is 1. The molecule has 4 rings (SSSR count). The predicted octanol–water partition coefficient (Wildman–Crippen LogP) is 1.42. The molecule has 3 aliphatic heterocycles. The number of hydrogen-bond donors (Lipinski definition) is 2. The fourth-order valence-electron chi connectivity index (χ4n) is 5.55. The van der Waals surface area contributed by atoms with Crippen LogP contribution in [0.2, 0.25) is 0 Å². The van der Waals surface area contributed by atoms with Crippen molar-refractivity contribution in [1.82, 2.24) is 10.2 Å². The van der Waals surface area contributed by atoms with E-state index in [0.29, 0.717) is 29.5 Å². The van der Waals surface area contributed by atoms with Gasteiger partial charge in [0.1, 0.15) is 17.8 Å². The molecule has 5 unspecified atom stereocenters. The second-order valence-electron chi connectivity index (χ2n) is 9.61. The van der Waals surface area contributed by atoms with Gasteiger partial charge in [0.05, 0.1) is 29.9 Å². The van der Waals surface area contributed by atoms with Crippen molar-refractivity contribution in [2.45, 2.75) is 44.4 Å². The summed E-state index contributed by atoms with van der Waals surface area (Å²) in [5.74, 6) is -2.71. The molecule has 0 bridgehead atoms. The smallest absolute Gasteiger partial charge is 0.405 e. The lowest BCUT2D eigenvalue weighted by Gasteiger charge is -2.31. The summed E-state index contributed by atoms with van der Waals surface area (Å²) in [5, 5.41) is 25.0. The van der Waals surface area contributed by atoms with Gasteiger partial charge in [0, 0.05) is 13.0 Å². The highest BCUT2D eigenvalue weighted by molar-refractivity contribution is 7.98. The van der Waals surface area contributed by atoms with Crippen molar-refractivity contribution in [1.29, 1.82) is 0 Å². The lowest BCUT2D eigenvalue weighted by Crippen LogP contribution is -2.56. The Morgan fingerprint density at radius 1 is 1.32 bits per heavy atom. The van der Waals surface area contributed by atoms with E-state index >= 15 is 0 Å². The highest BCUT2D eigenvalue weighted by atomic mass is 32.2. The fourth-order valence-corrected chi connectivity index (χ4v) is 6.07. The molecule has 204 valence electrons.